The van der Waals surface area contributed by atoms with Crippen molar-refractivity contribution < 1.29 is 9.53 Å². The monoisotopic (exact) mass is 574 g/mol. The van der Waals surface area contributed by atoms with E-state index in [1.807, 2.05) is 24.3 Å². The summed E-state index contributed by atoms with van der Waals surface area (Å²) in [6, 6.07) is 15.3. The van der Waals surface area contributed by atoms with Crippen LogP contribution in [0.4, 0.5) is 23.0 Å². The van der Waals surface area contributed by atoms with E-state index in [0.717, 1.165) is 54.6 Å². The summed E-state index contributed by atoms with van der Waals surface area (Å²) in [4.78, 5) is 26.5. The minimum absolute atomic E-state index is 0.294. The molecule has 4 aromatic rings. The van der Waals surface area contributed by atoms with E-state index in [2.05, 4.69) is 68.0 Å². The molecule has 0 unspecified atom stereocenters. The Bertz CT molecular complexity index is 1790. The van der Waals surface area contributed by atoms with Crippen molar-refractivity contribution in [1.82, 2.24) is 19.4 Å². The molecule has 2 aromatic heterocycles. The standard InChI is InChI=1S/C33H34N8O2/c1-4-31(42)36-25-13-26(30(43-3)14-28(25)40-17-20-11-12-39(2)29(20)19-40)37-33-35-16-21(15-34)32(38-33)24-18-41(22-9-10-22)27-8-6-5-7-23(24)27/h4-8,13-14,16,18,20,22,29H,1,9-12,17,19H2,2-3H3,(H,36,42)(H,35,37,38)/t20-,29+/m0/s1. The number of hydrogen-bond acceptors (Lipinski definition) is 8. The maximum Gasteiger partial charge on any atom is 0.247 e. The number of likely N-dealkylation sites (tertiary alicyclic amines) is 1. The quantitative estimate of drug-likeness (QED) is 0.272. The first-order valence-electron chi connectivity index (χ1n) is 14.7. The lowest BCUT2D eigenvalue weighted by Crippen LogP contribution is -2.32. The van der Waals surface area contributed by atoms with Gasteiger partial charge in [-0.2, -0.15) is 5.26 Å². The molecule has 218 valence electrons. The number of amides is 1. The molecular formula is C33H34N8O2. The average Bonchev–Trinajstić information content (AvgIpc) is 3.52. The summed E-state index contributed by atoms with van der Waals surface area (Å²) in [5.74, 6) is 1.21. The molecule has 2 atom stereocenters. The molecule has 0 radical (unpaired) electrons. The van der Waals surface area contributed by atoms with Crippen LogP contribution in [-0.2, 0) is 4.79 Å². The van der Waals surface area contributed by atoms with Crippen molar-refractivity contribution in [1.29, 1.82) is 5.26 Å². The summed E-state index contributed by atoms with van der Waals surface area (Å²) < 4.78 is 8.12. The van der Waals surface area contributed by atoms with Gasteiger partial charge in [0.05, 0.1) is 41.6 Å². The van der Waals surface area contributed by atoms with Crippen molar-refractivity contribution in [3.05, 3.63) is 67.0 Å². The van der Waals surface area contributed by atoms with Crippen LogP contribution in [0, 0.1) is 17.2 Å². The van der Waals surface area contributed by atoms with Crippen LogP contribution in [-0.4, -0.2) is 65.2 Å². The Morgan fingerprint density at radius 1 is 1.19 bits per heavy atom. The second-order valence-electron chi connectivity index (χ2n) is 11.7. The molecule has 10 heteroatoms. The summed E-state index contributed by atoms with van der Waals surface area (Å²) in [7, 11) is 3.80. The second-order valence-corrected chi connectivity index (χ2v) is 11.7. The zero-order chi connectivity index (χ0) is 29.7. The van der Waals surface area contributed by atoms with Gasteiger partial charge in [-0.3, -0.25) is 4.79 Å². The fraction of sp³-hybridized carbons (Fsp3) is 0.333. The number of fused-ring (bicyclic) bond motifs is 2. The number of nitriles is 1. The second kappa shape index (κ2) is 10.7. The van der Waals surface area contributed by atoms with Gasteiger partial charge >= 0.3 is 0 Å². The zero-order valence-corrected chi connectivity index (χ0v) is 24.4. The summed E-state index contributed by atoms with van der Waals surface area (Å²) in [5, 5.41) is 17.3. The summed E-state index contributed by atoms with van der Waals surface area (Å²) in [6.07, 6.45) is 8.39. The first kappa shape index (κ1) is 27.0. The number of para-hydroxylation sites is 1. The Hall–Kier alpha value is -4.88. The van der Waals surface area contributed by atoms with E-state index in [1.165, 1.54) is 12.5 Å². The summed E-state index contributed by atoms with van der Waals surface area (Å²) >= 11 is 0. The third-order valence-corrected chi connectivity index (χ3v) is 9.02. The first-order valence-corrected chi connectivity index (χ1v) is 14.7. The maximum absolute atomic E-state index is 12.5. The van der Waals surface area contributed by atoms with Gasteiger partial charge in [-0.25, -0.2) is 9.97 Å². The smallest absolute Gasteiger partial charge is 0.247 e. The molecule has 0 bridgehead atoms. The highest BCUT2D eigenvalue weighted by Crippen LogP contribution is 2.43. The zero-order valence-electron chi connectivity index (χ0n) is 24.4. The van der Waals surface area contributed by atoms with Gasteiger partial charge in [0.2, 0.25) is 11.9 Å². The van der Waals surface area contributed by atoms with Crippen molar-refractivity contribution in [3.8, 4) is 23.1 Å². The average molecular weight is 575 g/mol. The molecule has 1 amide bonds. The largest absolute Gasteiger partial charge is 0.494 e. The lowest BCUT2D eigenvalue weighted by atomic mass is 10.1. The first-order chi connectivity index (χ1) is 21.0. The van der Waals surface area contributed by atoms with Gasteiger partial charge in [-0.05, 0) is 57.0 Å². The van der Waals surface area contributed by atoms with E-state index < -0.39 is 0 Å². The predicted octanol–water partition coefficient (Wildman–Crippen LogP) is 5.32. The van der Waals surface area contributed by atoms with Crippen molar-refractivity contribution in [2.24, 2.45) is 5.92 Å². The fourth-order valence-electron chi connectivity index (χ4n) is 6.65. The van der Waals surface area contributed by atoms with Crippen molar-refractivity contribution in [3.63, 3.8) is 0 Å². The van der Waals surface area contributed by atoms with Crippen LogP contribution in [0.1, 0.15) is 30.9 Å². The van der Waals surface area contributed by atoms with E-state index in [4.69, 9.17) is 9.72 Å². The highest BCUT2D eigenvalue weighted by atomic mass is 16.5. The molecule has 0 spiro atoms. The number of benzene rings is 2. The lowest BCUT2D eigenvalue weighted by molar-refractivity contribution is -0.111. The van der Waals surface area contributed by atoms with Crippen LogP contribution >= 0.6 is 0 Å². The van der Waals surface area contributed by atoms with Crippen LogP contribution in [0.2, 0.25) is 0 Å². The molecule has 1 aliphatic carbocycles. The van der Waals surface area contributed by atoms with Crippen LogP contribution in [0.25, 0.3) is 22.2 Å². The number of methoxy groups -OCH3 is 1. The molecule has 7 rings (SSSR count). The highest BCUT2D eigenvalue weighted by Gasteiger charge is 2.40. The van der Waals surface area contributed by atoms with E-state index in [-0.39, 0.29) is 5.91 Å². The Labute approximate surface area is 250 Å². The number of carbonyl (C=O) groups excluding carboxylic acids is 1. The van der Waals surface area contributed by atoms with Crippen molar-refractivity contribution in [2.75, 3.05) is 49.3 Å². The van der Waals surface area contributed by atoms with Gasteiger partial charge in [0, 0.05) is 53.9 Å². The van der Waals surface area contributed by atoms with Crippen LogP contribution in [0.5, 0.6) is 5.75 Å². The minimum atomic E-state index is -0.294. The van der Waals surface area contributed by atoms with Gasteiger partial charge < -0.3 is 29.7 Å². The topological polar surface area (TPSA) is 111 Å². The van der Waals surface area contributed by atoms with Gasteiger partial charge in [0.15, 0.2) is 0 Å². The number of anilines is 4. The summed E-state index contributed by atoms with van der Waals surface area (Å²) in [6.45, 7) is 6.55. The lowest BCUT2D eigenvalue weighted by Gasteiger charge is -2.26. The van der Waals surface area contributed by atoms with Crippen molar-refractivity contribution in [2.45, 2.75) is 31.3 Å². The van der Waals surface area contributed by atoms with E-state index in [0.29, 0.717) is 52.3 Å². The van der Waals surface area contributed by atoms with Gasteiger partial charge in [-0.1, -0.05) is 24.8 Å². The van der Waals surface area contributed by atoms with Gasteiger partial charge in [-0.15, -0.1) is 0 Å². The number of likely N-dealkylation sites (N-methyl/N-ethyl adjacent to an activating group) is 1. The number of ether oxygens (including phenoxy) is 1. The number of hydrogen-bond donors (Lipinski definition) is 2. The predicted molar refractivity (Wildman–Crippen MR) is 168 cm³/mol. The normalized spacial score (nSPS) is 19.7. The van der Waals surface area contributed by atoms with Crippen LogP contribution in [0.15, 0.2) is 61.4 Å². The Morgan fingerprint density at radius 2 is 2.02 bits per heavy atom. The number of carbonyl (C=O) groups is 1. The molecule has 43 heavy (non-hydrogen) atoms. The molecule has 2 aromatic carbocycles. The van der Waals surface area contributed by atoms with Crippen LogP contribution in [0.3, 0.4) is 0 Å². The fourth-order valence-corrected chi connectivity index (χ4v) is 6.65. The van der Waals surface area contributed by atoms with Gasteiger partial charge in [0.25, 0.3) is 0 Å². The Morgan fingerprint density at radius 3 is 2.77 bits per heavy atom. The molecular weight excluding hydrogens is 540 g/mol. The Kier molecular flexibility index (Phi) is 6.75. The molecule has 2 saturated heterocycles. The van der Waals surface area contributed by atoms with E-state index in [9.17, 15) is 10.1 Å². The number of nitrogens with one attached hydrogen (secondary N) is 2. The summed E-state index contributed by atoms with van der Waals surface area (Å²) in [5.41, 5.74) is 5.14. The molecule has 3 fully saturated rings. The number of rotatable bonds is 8. The molecule has 2 N–H and O–H groups in total. The highest BCUT2D eigenvalue weighted by molar-refractivity contribution is 6.02. The third kappa shape index (κ3) is 4.85. The minimum Gasteiger partial charge on any atom is -0.494 e. The Balaban J connectivity index is 1.27. The van der Waals surface area contributed by atoms with E-state index >= 15 is 0 Å². The molecule has 2 aliphatic heterocycles. The number of nitrogens with zero attached hydrogens (tertiary/aromatic N) is 6. The molecule has 3 aliphatic rings. The molecule has 4 heterocycles. The third-order valence-electron chi connectivity index (χ3n) is 9.02. The van der Waals surface area contributed by atoms with Crippen molar-refractivity contribution >= 4 is 39.8 Å². The molecule has 1 saturated carbocycles. The molecule has 10 nitrogen and oxygen atoms in total. The maximum atomic E-state index is 12.5. The van der Waals surface area contributed by atoms with Crippen LogP contribution < -0.4 is 20.3 Å². The van der Waals surface area contributed by atoms with Gasteiger partial charge in [0.1, 0.15) is 11.8 Å². The van der Waals surface area contributed by atoms with E-state index in [1.54, 1.807) is 13.3 Å². The number of aromatic nitrogens is 3. The SMILES string of the molecule is C=CC(=O)Nc1cc(Nc2ncc(C#N)c(-c3cn(C4CC4)c4ccccc34)n2)c(OC)cc1N1C[C@@H]2CCN(C)[C@@H]2C1.